The minimum Gasteiger partial charge on any atom is -0.490 e. The number of benzene rings is 2. The van der Waals surface area contributed by atoms with E-state index in [9.17, 15) is 4.79 Å². The molecule has 1 aliphatic rings. The number of urea groups is 1. The van der Waals surface area contributed by atoms with Crippen LogP contribution in [0.2, 0.25) is 5.02 Å². The lowest BCUT2D eigenvalue weighted by Crippen LogP contribution is -2.38. The van der Waals surface area contributed by atoms with E-state index in [2.05, 4.69) is 5.32 Å². The normalized spacial score (nSPS) is 14.3. The lowest BCUT2D eigenvalue weighted by atomic mass is 10.1. The second-order valence-corrected chi connectivity index (χ2v) is 6.85. The third kappa shape index (κ3) is 4.61. The summed E-state index contributed by atoms with van der Waals surface area (Å²) in [7, 11) is 1.76. The van der Waals surface area contributed by atoms with Crippen molar-refractivity contribution in [1.29, 1.82) is 0 Å². The maximum Gasteiger partial charge on any atom is 0.317 e. The van der Waals surface area contributed by atoms with Gasteiger partial charge < -0.3 is 19.7 Å². The third-order valence-corrected chi connectivity index (χ3v) is 4.50. The molecule has 0 aromatic heterocycles. The molecule has 0 bridgehead atoms. The Hall–Kier alpha value is -2.40. The first kappa shape index (κ1) is 18.4. The van der Waals surface area contributed by atoms with Crippen molar-refractivity contribution in [3.63, 3.8) is 0 Å². The van der Waals surface area contributed by atoms with Crippen LogP contribution < -0.4 is 14.8 Å². The molecule has 5 nitrogen and oxygen atoms in total. The molecular formula is C20H23ClN2O3. The van der Waals surface area contributed by atoms with E-state index in [4.69, 9.17) is 21.1 Å². The molecule has 0 saturated heterocycles. The topological polar surface area (TPSA) is 50.8 Å². The van der Waals surface area contributed by atoms with E-state index in [0.29, 0.717) is 24.8 Å². The number of ether oxygens (including phenoxy) is 2. The summed E-state index contributed by atoms with van der Waals surface area (Å²) in [5, 5.41) is 3.67. The largest absolute Gasteiger partial charge is 0.490 e. The second kappa shape index (κ2) is 8.32. The average Bonchev–Trinajstić information content (AvgIpc) is 2.86. The van der Waals surface area contributed by atoms with E-state index in [1.165, 1.54) is 0 Å². The number of rotatable bonds is 4. The van der Waals surface area contributed by atoms with Crippen molar-refractivity contribution in [2.75, 3.05) is 20.3 Å². The van der Waals surface area contributed by atoms with Gasteiger partial charge in [0.2, 0.25) is 0 Å². The Morgan fingerprint density at radius 1 is 1.19 bits per heavy atom. The fourth-order valence-corrected chi connectivity index (χ4v) is 3.02. The molecule has 1 N–H and O–H groups in total. The van der Waals surface area contributed by atoms with E-state index in [1.54, 1.807) is 11.9 Å². The van der Waals surface area contributed by atoms with Gasteiger partial charge in [0.05, 0.1) is 19.3 Å². The quantitative estimate of drug-likeness (QED) is 0.862. The van der Waals surface area contributed by atoms with Gasteiger partial charge in [0.1, 0.15) is 0 Å². The van der Waals surface area contributed by atoms with Crippen LogP contribution in [0.5, 0.6) is 11.5 Å². The SMILES string of the molecule is C[C@@H](NC(=O)N(C)Cc1cccc(Cl)c1)c1ccc2c(c1)OCCCO2. The summed E-state index contributed by atoms with van der Waals surface area (Å²) in [4.78, 5) is 14.1. The van der Waals surface area contributed by atoms with Gasteiger partial charge in [-0.25, -0.2) is 4.79 Å². The number of carbonyl (C=O) groups is 1. The van der Waals surface area contributed by atoms with Gasteiger partial charge in [-0.15, -0.1) is 0 Å². The predicted octanol–water partition coefficient (Wildman–Crippen LogP) is 4.40. The highest BCUT2D eigenvalue weighted by Gasteiger charge is 2.17. The molecule has 2 aromatic carbocycles. The highest BCUT2D eigenvalue weighted by molar-refractivity contribution is 6.30. The van der Waals surface area contributed by atoms with Gasteiger partial charge in [0.15, 0.2) is 11.5 Å². The highest BCUT2D eigenvalue weighted by Crippen LogP contribution is 2.32. The van der Waals surface area contributed by atoms with E-state index in [1.807, 2.05) is 49.4 Å². The van der Waals surface area contributed by atoms with Crippen LogP contribution in [0.15, 0.2) is 42.5 Å². The lowest BCUT2D eigenvalue weighted by molar-refractivity contribution is 0.203. The summed E-state index contributed by atoms with van der Waals surface area (Å²) in [5.74, 6) is 1.48. The molecule has 0 fully saturated rings. The fourth-order valence-electron chi connectivity index (χ4n) is 2.81. The van der Waals surface area contributed by atoms with E-state index in [-0.39, 0.29) is 12.1 Å². The summed E-state index contributed by atoms with van der Waals surface area (Å²) in [6, 6.07) is 13.0. The number of nitrogens with one attached hydrogen (secondary N) is 1. The zero-order valence-corrected chi connectivity index (χ0v) is 15.8. The number of amides is 2. The number of nitrogens with zero attached hydrogens (tertiary/aromatic N) is 1. The molecule has 0 saturated carbocycles. The molecule has 1 heterocycles. The van der Waals surface area contributed by atoms with Crippen LogP contribution in [0.4, 0.5) is 4.79 Å². The van der Waals surface area contributed by atoms with Crippen molar-refractivity contribution in [2.45, 2.75) is 25.9 Å². The molecule has 1 atom stereocenters. The average molecular weight is 375 g/mol. The molecule has 0 unspecified atom stereocenters. The van der Waals surface area contributed by atoms with Gasteiger partial charge in [-0.1, -0.05) is 29.8 Å². The molecule has 138 valence electrons. The Morgan fingerprint density at radius 3 is 2.73 bits per heavy atom. The van der Waals surface area contributed by atoms with Crippen molar-refractivity contribution in [3.05, 3.63) is 58.6 Å². The van der Waals surface area contributed by atoms with Crippen LogP contribution in [0.25, 0.3) is 0 Å². The summed E-state index contributed by atoms with van der Waals surface area (Å²) >= 11 is 6.00. The van der Waals surface area contributed by atoms with Crippen molar-refractivity contribution in [3.8, 4) is 11.5 Å². The molecule has 1 aliphatic heterocycles. The van der Waals surface area contributed by atoms with Crippen LogP contribution in [-0.2, 0) is 6.54 Å². The molecule has 6 heteroatoms. The van der Waals surface area contributed by atoms with Gasteiger partial charge in [-0.2, -0.15) is 0 Å². The number of carbonyl (C=O) groups excluding carboxylic acids is 1. The smallest absolute Gasteiger partial charge is 0.317 e. The number of hydrogen-bond donors (Lipinski definition) is 1. The summed E-state index contributed by atoms with van der Waals surface area (Å²) in [5.41, 5.74) is 1.96. The van der Waals surface area contributed by atoms with E-state index >= 15 is 0 Å². The lowest BCUT2D eigenvalue weighted by Gasteiger charge is -2.22. The number of fused-ring (bicyclic) bond motifs is 1. The minimum atomic E-state index is -0.151. The van der Waals surface area contributed by atoms with Crippen LogP contribution in [0.3, 0.4) is 0 Å². The monoisotopic (exact) mass is 374 g/mol. The Labute approximate surface area is 158 Å². The van der Waals surface area contributed by atoms with Crippen molar-refractivity contribution in [2.24, 2.45) is 0 Å². The molecule has 0 aliphatic carbocycles. The van der Waals surface area contributed by atoms with Crippen molar-refractivity contribution < 1.29 is 14.3 Å². The zero-order chi connectivity index (χ0) is 18.5. The molecule has 0 spiro atoms. The molecule has 2 amide bonds. The zero-order valence-electron chi connectivity index (χ0n) is 15.0. The van der Waals surface area contributed by atoms with Crippen molar-refractivity contribution >= 4 is 17.6 Å². The fraction of sp³-hybridized carbons (Fsp3) is 0.350. The number of halogens is 1. The summed E-state index contributed by atoms with van der Waals surface area (Å²) < 4.78 is 11.4. The predicted molar refractivity (Wildman–Crippen MR) is 102 cm³/mol. The minimum absolute atomic E-state index is 0.149. The Kier molecular flexibility index (Phi) is 5.89. The first-order chi connectivity index (χ1) is 12.5. The third-order valence-electron chi connectivity index (χ3n) is 4.27. The molecule has 2 aromatic rings. The van der Waals surface area contributed by atoms with Crippen LogP contribution in [-0.4, -0.2) is 31.2 Å². The van der Waals surface area contributed by atoms with Gasteiger partial charge in [-0.05, 0) is 42.3 Å². The van der Waals surface area contributed by atoms with E-state index < -0.39 is 0 Å². The van der Waals surface area contributed by atoms with Gasteiger partial charge in [0.25, 0.3) is 0 Å². The van der Waals surface area contributed by atoms with Crippen LogP contribution in [0.1, 0.15) is 30.5 Å². The highest BCUT2D eigenvalue weighted by atomic mass is 35.5. The van der Waals surface area contributed by atoms with E-state index in [0.717, 1.165) is 29.0 Å². The first-order valence-electron chi connectivity index (χ1n) is 8.68. The van der Waals surface area contributed by atoms with Gasteiger partial charge in [0, 0.05) is 25.0 Å². The Morgan fingerprint density at radius 2 is 1.96 bits per heavy atom. The second-order valence-electron chi connectivity index (χ2n) is 6.41. The number of hydrogen-bond acceptors (Lipinski definition) is 3. The standard InChI is InChI=1S/C20H23ClN2O3/c1-14(16-7-8-18-19(12-16)26-10-4-9-25-18)22-20(24)23(2)13-15-5-3-6-17(21)11-15/h3,5-8,11-12,14H,4,9-10,13H2,1-2H3,(H,22,24)/t14-/m1/s1. The van der Waals surface area contributed by atoms with Crippen molar-refractivity contribution in [1.82, 2.24) is 10.2 Å². The molecule has 0 radical (unpaired) electrons. The Balaban J connectivity index is 1.62. The summed E-state index contributed by atoms with van der Waals surface area (Å²) in [6.07, 6.45) is 0.866. The molecule has 26 heavy (non-hydrogen) atoms. The Bertz CT molecular complexity index is 781. The molecular weight excluding hydrogens is 352 g/mol. The molecule has 3 rings (SSSR count). The van der Waals surface area contributed by atoms with Crippen LogP contribution >= 0.6 is 11.6 Å². The van der Waals surface area contributed by atoms with Gasteiger partial charge in [-0.3, -0.25) is 0 Å². The van der Waals surface area contributed by atoms with Crippen LogP contribution in [0, 0.1) is 0 Å². The maximum absolute atomic E-state index is 12.5. The maximum atomic E-state index is 12.5. The van der Waals surface area contributed by atoms with Gasteiger partial charge >= 0.3 is 6.03 Å². The first-order valence-corrected chi connectivity index (χ1v) is 9.06. The summed E-state index contributed by atoms with van der Waals surface area (Å²) in [6.45, 7) is 3.73.